The third-order valence-corrected chi connectivity index (χ3v) is 2.83. The Hall–Kier alpha value is -1.78. The predicted molar refractivity (Wildman–Crippen MR) is 72.0 cm³/mol. The number of carbonyl (C=O) groups is 1. The Morgan fingerprint density at radius 1 is 1.32 bits per heavy atom. The molecule has 6 heteroatoms. The van der Waals surface area contributed by atoms with Crippen LogP contribution in [-0.4, -0.2) is 16.1 Å². The van der Waals surface area contributed by atoms with Crippen molar-refractivity contribution in [1.82, 2.24) is 4.98 Å². The Labute approximate surface area is 119 Å². The molecule has 0 atom stereocenters. The molecule has 1 aromatic carbocycles. The van der Waals surface area contributed by atoms with Crippen molar-refractivity contribution in [3.8, 4) is 5.75 Å². The number of halogens is 2. The molecule has 0 aliphatic rings. The highest BCUT2D eigenvalue weighted by atomic mass is 35.5. The molecule has 0 saturated carbocycles. The Morgan fingerprint density at radius 2 is 2.11 bits per heavy atom. The van der Waals surface area contributed by atoms with Crippen LogP contribution >= 0.6 is 23.2 Å². The van der Waals surface area contributed by atoms with E-state index in [4.69, 9.17) is 33.0 Å². The fraction of sp³-hybridized carbons (Fsp3) is 0.0769. The van der Waals surface area contributed by atoms with Gasteiger partial charge >= 0.3 is 5.97 Å². The van der Waals surface area contributed by atoms with E-state index >= 15 is 0 Å². The van der Waals surface area contributed by atoms with E-state index in [0.29, 0.717) is 5.69 Å². The minimum Gasteiger partial charge on any atom is -0.485 e. The lowest BCUT2D eigenvalue weighted by Gasteiger charge is -2.11. The summed E-state index contributed by atoms with van der Waals surface area (Å²) in [5.41, 5.74) is 0.596. The van der Waals surface area contributed by atoms with Crippen LogP contribution in [0.3, 0.4) is 0 Å². The van der Waals surface area contributed by atoms with Gasteiger partial charge in [0.2, 0.25) is 0 Å². The number of benzene rings is 1. The van der Waals surface area contributed by atoms with Gasteiger partial charge in [0.25, 0.3) is 0 Å². The molecule has 1 aromatic heterocycles. The van der Waals surface area contributed by atoms with Crippen LogP contribution in [0.5, 0.6) is 5.75 Å². The number of nitrogens with zero attached hydrogens (tertiary/aromatic N) is 1. The van der Waals surface area contributed by atoms with Crippen molar-refractivity contribution in [3.63, 3.8) is 0 Å². The average molecular weight is 298 g/mol. The van der Waals surface area contributed by atoms with E-state index in [1.807, 2.05) is 6.07 Å². The molecule has 2 aromatic rings. The maximum atomic E-state index is 11.1. The number of pyridine rings is 1. The van der Waals surface area contributed by atoms with Gasteiger partial charge in [0.15, 0.2) is 5.75 Å². The number of aromatic nitrogens is 1. The van der Waals surface area contributed by atoms with E-state index in [-0.39, 0.29) is 28.0 Å². The van der Waals surface area contributed by atoms with Gasteiger partial charge in [0.1, 0.15) is 12.2 Å². The van der Waals surface area contributed by atoms with E-state index in [1.165, 1.54) is 12.1 Å². The summed E-state index contributed by atoms with van der Waals surface area (Å²) in [4.78, 5) is 15.2. The molecule has 0 radical (unpaired) electrons. The maximum absolute atomic E-state index is 11.1. The molecule has 0 aliphatic carbocycles. The molecule has 0 unspecified atom stereocenters. The molecule has 0 fully saturated rings. The molecule has 0 spiro atoms. The SMILES string of the molecule is O=C(O)c1cc(Cl)cc(Cl)c1OCc1ccccn1. The predicted octanol–water partition coefficient (Wildman–Crippen LogP) is 3.67. The van der Waals surface area contributed by atoms with Gasteiger partial charge in [-0.05, 0) is 24.3 Å². The van der Waals surface area contributed by atoms with Gasteiger partial charge in [0.05, 0.1) is 10.7 Å². The van der Waals surface area contributed by atoms with Crippen molar-refractivity contribution in [2.45, 2.75) is 6.61 Å². The number of ether oxygens (including phenoxy) is 1. The second-order valence-electron chi connectivity index (χ2n) is 3.68. The second-order valence-corrected chi connectivity index (χ2v) is 4.52. The summed E-state index contributed by atoms with van der Waals surface area (Å²) < 4.78 is 5.44. The zero-order valence-electron chi connectivity index (χ0n) is 9.64. The summed E-state index contributed by atoms with van der Waals surface area (Å²) >= 11 is 11.7. The number of carboxylic acids is 1. The van der Waals surface area contributed by atoms with Crippen LogP contribution in [0.4, 0.5) is 0 Å². The molecule has 0 saturated heterocycles. The lowest BCUT2D eigenvalue weighted by molar-refractivity contribution is 0.0691. The maximum Gasteiger partial charge on any atom is 0.339 e. The molecule has 2 rings (SSSR count). The summed E-state index contributed by atoms with van der Waals surface area (Å²) in [7, 11) is 0. The van der Waals surface area contributed by atoms with E-state index < -0.39 is 5.97 Å². The Balaban J connectivity index is 2.27. The van der Waals surface area contributed by atoms with Crippen LogP contribution in [0.2, 0.25) is 10.0 Å². The monoisotopic (exact) mass is 297 g/mol. The molecular formula is C13H9Cl2NO3. The summed E-state index contributed by atoms with van der Waals surface area (Å²) in [6.07, 6.45) is 1.63. The van der Waals surface area contributed by atoms with Gasteiger partial charge in [-0.2, -0.15) is 0 Å². The summed E-state index contributed by atoms with van der Waals surface area (Å²) in [6.45, 7) is 0.127. The molecule has 1 N–H and O–H groups in total. The van der Waals surface area contributed by atoms with Gasteiger partial charge in [0, 0.05) is 11.2 Å². The van der Waals surface area contributed by atoms with Gasteiger partial charge in [-0.15, -0.1) is 0 Å². The van der Waals surface area contributed by atoms with E-state index in [0.717, 1.165) is 0 Å². The Kier molecular flexibility index (Phi) is 4.24. The smallest absolute Gasteiger partial charge is 0.339 e. The van der Waals surface area contributed by atoms with Gasteiger partial charge in [-0.3, -0.25) is 4.98 Å². The van der Waals surface area contributed by atoms with E-state index in [9.17, 15) is 4.79 Å². The fourth-order valence-electron chi connectivity index (χ4n) is 1.50. The number of carboxylic acid groups (broad SMARTS) is 1. The van der Waals surface area contributed by atoms with Crippen LogP contribution in [0.1, 0.15) is 16.1 Å². The topological polar surface area (TPSA) is 59.4 Å². The van der Waals surface area contributed by atoms with Crippen molar-refractivity contribution in [3.05, 3.63) is 57.8 Å². The molecule has 0 bridgehead atoms. The fourth-order valence-corrected chi connectivity index (χ4v) is 2.04. The molecular weight excluding hydrogens is 289 g/mol. The number of hydrogen-bond acceptors (Lipinski definition) is 3. The van der Waals surface area contributed by atoms with E-state index in [2.05, 4.69) is 4.98 Å². The first-order valence-corrected chi connectivity index (χ1v) is 6.08. The van der Waals surface area contributed by atoms with Crippen LogP contribution in [0.25, 0.3) is 0 Å². The average Bonchev–Trinajstić information content (AvgIpc) is 2.38. The van der Waals surface area contributed by atoms with Crippen LogP contribution in [0, 0.1) is 0 Å². The van der Waals surface area contributed by atoms with Crippen molar-refractivity contribution >= 4 is 29.2 Å². The molecule has 4 nitrogen and oxygen atoms in total. The quantitative estimate of drug-likeness (QED) is 0.935. The molecule has 0 amide bonds. The van der Waals surface area contributed by atoms with Crippen LogP contribution in [-0.2, 0) is 6.61 Å². The van der Waals surface area contributed by atoms with Gasteiger partial charge in [-0.1, -0.05) is 29.3 Å². The third-order valence-electron chi connectivity index (χ3n) is 2.33. The lowest BCUT2D eigenvalue weighted by atomic mass is 10.2. The third kappa shape index (κ3) is 3.36. The Bertz CT molecular complexity index is 602. The number of rotatable bonds is 4. The largest absolute Gasteiger partial charge is 0.485 e. The summed E-state index contributed by atoms with van der Waals surface area (Å²) in [5.74, 6) is -1.07. The molecule has 98 valence electrons. The zero-order valence-corrected chi connectivity index (χ0v) is 11.1. The zero-order chi connectivity index (χ0) is 13.8. The van der Waals surface area contributed by atoms with Gasteiger partial charge < -0.3 is 9.84 Å². The van der Waals surface area contributed by atoms with Gasteiger partial charge in [-0.25, -0.2) is 4.79 Å². The van der Waals surface area contributed by atoms with Crippen LogP contribution < -0.4 is 4.74 Å². The highest BCUT2D eigenvalue weighted by molar-refractivity contribution is 6.36. The highest BCUT2D eigenvalue weighted by Gasteiger charge is 2.16. The second kappa shape index (κ2) is 5.91. The standard InChI is InChI=1S/C13H9Cl2NO3/c14-8-5-10(13(17)18)12(11(15)6-8)19-7-9-3-1-2-4-16-9/h1-6H,7H2,(H,17,18). The highest BCUT2D eigenvalue weighted by Crippen LogP contribution is 2.32. The molecule has 0 aliphatic heterocycles. The Morgan fingerprint density at radius 3 is 2.74 bits per heavy atom. The minimum absolute atomic E-state index is 0.0755. The van der Waals surface area contributed by atoms with Crippen LogP contribution in [0.15, 0.2) is 36.5 Å². The number of hydrogen-bond donors (Lipinski definition) is 1. The number of aromatic carboxylic acids is 1. The first-order chi connectivity index (χ1) is 9.08. The van der Waals surface area contributed by atoms with Crippen molar-refractivity contribution < 1.29 is 14.6 Å². The molecule has 1 heterocycles. The molecule has 19 heavy (non-hydrogen) atoms. The first-order valence-electron chi connectivity index (χ1n) is 5.33. The van der Waals surface area contributed by atoms with Crippen molar-refractivity contribution in [2.75, 3.05) is 0 Å². The lowest BCUT2D eigenvalue weighted by Crippen LogP contribution is -2.05. The van der Waals surface area contributed by atoms with Crippen molar-refractivity contribution in [2.24, 2.45) is 0 Å². The normalized spacial score (nSPS) is 10.2. The first kappa shape index (κ1) is 13.6. The van der Waals surface area contributed by atoms with E-state index in [1.54, 1.807) is 18.3 Å². The van der Waals surface area contributed by atoms with Crippen molar-refractivity contribution in [1.29, 1.82) is 0 Å². The minimum atomic E-state index is -1.15. The summed E-state index contributed by atoms with van der Waals surface area (Å²) in [5, 5.41) is 9.50. The summed E-state index contributed by atoms with van der Waals surface area (Å²) in [6, 6.07) is 8.09.